The predicted octanol–water partition coefficient (Wildman–Crippen LogP) is 4.36. The molecule has 1 aromatic heterocycles. The minimum atomic E-state index is -0.578. The molecular weight excluding hydrogens is 324 g/mol. The van der Waals surface area contributed by atoms with Crippen LogP contribution in [-0.4, -0.2) is 27.4 Å². The van der Waals surface area contributed by atoms with E-state index in [-0.39, 0.29) is 6.61 Å². The Morgan fingerprint density at radius 3 is 2.54 bits per heavy atom. The number of benzene rings is 2. The highest BCUT2D eigenvalue weighted by molar-refractivity contribution is 5.76. The number of aliphatic hydroxyl groups is 1. The number of fused-ring (bicyclic) bond motifs is 1. The standard InChI is InChI=1S/C22H26N2O2/c1-15-7-5-8-16(2)21(15)26-14-18(25)13-24-20-12-4-3-11-19(20)23-22(24)17-9-6-10-17/h3-5,7-8,11-12,17-18,25H,6,9-10,13-14H2,1-2H3. The summed E-state index contributed by atoms with van der Waals surface area (Å²) in [6.45, 7) is 4.86. The van der Waals surface area contributed by atoms with Gasteiger partial charge in [0.2, 0.25) is 0 Å². The maximum absolute atomic E-state index is 10.6. The van der Waals surface area contributed by atoms with E-state index in [0.29, 0.717) is 12.5 Å². The third-order valence-electron chi connectivity index (χ3n) is 5.38. The summed E-state index contributed by atoms with van der Waals surface area (Å²) in [7, 11) is 0. The fourth-order valence-corrected chi connectivity index (χ4v) is 3.73. The molecule has 0 amide bonds. The second-order valence-electron chi connectivity index (χ2n) is 7.38. The molecule has 1 aliphatic carbocycles. The second kappa shape index (κ2) is 7.12. The van der Waals surface area contributed by atoms with Crippen molar-refractivity contribution in [3.8, 4) is 5.75 Å². The van der Waals surface area contributed by atoms with Crippen molar-refractivity contribution in [3.05, 3.63) is 59.4 Å². The zero-order valence-corrected chi connectivity index (χ0v) is 15.5. The van der Waals surface area contributed by atoms with Gasteiger partial charge in [-0.05, 0) is 49.9 Å². The number of imidazole rings is 1. The normalized spacial score (nSPS) is 15.8. The number of aliphatic hydroxyl groups excluding tert-OH is 1. The SMILES string of the molecule is Cc1cccc(C)c1OCC(O)Cn1c(C2CCC2)nc2ccccc21. The Kier molecular flexibility index (Phi) is 4.68. The number of rotatable bonds is 6. The number of hydrogen-bond acceptors (Lipinski definition) is 3. The molecule has 1 heterocycles. The van der Waals surface area contributed by atoms with Gasteiger partial charge in [0.25, 0.3) is 0 Å². The van der Waals surface area contributed by atoms with Crippen LogP contribution in [0.25, 0.3) is 11.0 Å². The molecule has 3 aromatic rings. The Balaban J connectivity index is 1.53. The first kappa shape index (κ1) is 17.1. The number of para-hydroxylation sites is 3. The van der Waals surface area contributed by atoms with Gasteiger partial charge in [0.1, 0.15) is 24.3 Å². The van der Waals surface area contributed by atoms with Gasteiger partial charge in [-0.25, -0.2) is 4.98 Å². The topological polar surface area (TPSA) is 47.3 Å². The Bertz CT molecular complexity index is 891. The van der Waals surface area contributed by atoms with Crippen LogP contribution >= 0.6 is 0 Å². The zero-order chi connectivity index (χ0) is 18.1. The van der Waals surface area contributed by atoms with Crippen LogP contribution in [0.15, 0.2) is 42.5 Å². The number of hydrogen-bond donors (Lipinski definition) is 1. The van der Waals surface area contributed by atoms with Gasteiger partial charge in [-0.3, -0.25) is 0 Å². The van der Waals surface area contributed by atoms with Crippen LogP contribution in [0.5, 0.6) is 5.75 Å². The van der Waals surface area contributed by atoms with Gasteiger partial charge in [-0.2, -0.15) is 0 Å². The van der Waals surface area contributed by atoms with Crippen molar-refractivity contribution in [1.29, 1.82) is 0 Å². The van der Waals surface area contributed by atoms with E-state index in [9.17, 15) is 5.11 Å². The lowest BCUT2D eigenvalue weighted by atomic mass is 9.85. The van der Waals surface area contributed by atoms with Gasteiger partial charge in [0, 0.05) is 5.92 Å². The van der Waals surface area contributed by atoms with E-state index in [1.165, 1.54) is 19.3 Å². The molecule has 1 saturated carbocycles. The molecule has 0 radical (unpaired) electrons. The van der Waals surface area contributed by atoms with E-state index in [0.717, 1.165) is 33.7 Å². The molecule has 4 rings (SSSR count). The molecule has 26 heavy (non-hydrogen) atoms. The van der Waals surface area contributed by atoms with Gasteiger partial charge in [0.05, 0.1) is 17.6 Å². The first-order valence-corrected chi connectivity index (χ1v) is 9.45. The molecule has 1 unspecified atom stereocenters. The summed E-state index contributed by atoms with van der Waals surface area (Å²) < 4.78 is 8.14. The Hall–Kier alpha value is -2.33. The second-order valence-corrected chi connectivity index (χ2v) is 7.38. The molecule has 4 heteroatoms. The maximum Gasteiger partial charge on any atom is 0.125 e. The van der Waals surface area contributed by atoms with Gasteiger partial charge in [0.15, 0.2) is 0 Å². The molecule has 2 aromatic carbocycles. The highest BCUT2D eigenvalue weighted by atomic mass is 16.5. The fourth-order valence-electron chi connectivity index (χ4n) is 3.73. The monoisotopic (exact) mass is 350 g/mol. The highest BCUT2D eigenvalue weighted by Gasteiger charge is 2.26. The fraction of sp³-hybridized carbons (Fsp3) is 0.409. The van der Waals surface area contributed by atoms with E-state index < -0.39 is 6.10 Å². The van der Waals surface area contributed by atoms with Crippen molar-refractivity contribution < 1.29 is 9.84 Å². The van der Waals surface area contributed by atoms with Crippen molar-refractivity contribution in [3.63, 3.8) is 0 Å². The Labute approximate surface area is 154 Å². The number of ether oxygens (including phenoxy) is 1. The molecule has 1 N–H and O–H groups in total. The van der Waals surface area contributed by atoms with Gasteiger partial charge < -0.3 is 14.4 Å². The molecule has 0 aliphatic heterocycles. The summed E-state index contributed by atoms with van der Waals surface area (Å²) in [5.74, 6) is 2.51. The van der Waals surface area contributed by atoms with E-state index in [4.69, 9.17) is 9.72 Å². The molecule has 1 aliphatic rings. The molecule has 1 atom stereocenters. The largest absolute Gasteiger partial charge is 0.490 e. The molecular formula is C22H26N2O2. The first-order valence-electron chi connectivity index (χ1n) is 9.45. The summed E-state index contributed by atoms with van der Waals surface area (Å²) in [4.78, 5) is 4.85. The minimum absolute atomic E-state index is 0.280. The maximum atomic E-state index is 10.6. The van der Waals surface area contributed by atoms with E-state index in [1.54, 1.807) is 0 Å². The molecule has 0 spiro atoms. The Morgan fingerprint density at radius 2 is 1.85 bits per heavy atom. The average Bonchev–Trinajstić information content (AvgIpc) is 2.91. The smallest absolute Gasteiger partial charge is 0.125 e. The van der Waals surface area contributed by atoms with Gasteiger partial charge in [-0.1, -0.05) is 36.8 Å². The molecule has 0 saturated heterocycles. The Morgan fingerprint density at radius 1 is 1.12 bits per heavy atom. The number of aryl methyl sites for hydroxylation is 2. The van der Waals surface area contributed by atoms with E-state index in [2.05, 4.69) is 10.6 Å². The molecule has 0 bridgehead atoms. The molecule has 1 fully saturated rings. The summed E-state index contributed by atoms with van der Waals surface area (Å²) in [6.07, 6.45) is 3.08. The van der Waals surface area contributed by atoms with Crippen molar-refractivity contribution in [2.45, 2.75) is 51.7 Å². The van der Waals surface area contributed by atoms with Gasteiger partial charge >= 0.3 is 0 Å². The van der Waals surface area contributed by atoms with Crippen molar-refractivity contribution in [2.24, 2.45) is 0 Å². The zero-order valence-electron chi connectivity index (χ0n) is 15.5. The lowest BCUT2D eigenvalue weighted by molar-refractivity contribution is 0.0913. The van der Waals surface area contributed by atoms with Crippen LogP contribution in [0.2, 0.25) is 0 Å². The van der Waals surface area contributed by atoms with Crippen LogP contribution in [0.3, 0.4) is 0 Å². The third-order valence-corrected chi connectivity index (χ3v) is 5.38. The summed E-state index contributed by atoms with van der Waals surface area (Å²) in [6, 6.07) is 14.3. The number of nitrogens with zero attached hydrogens (tertiary/aromatic N) is 2. The van der Waals surface area contributed by atoms with Crippen LogP contribution in [0.4, 0.5) is 0 Å². The predicted molar refractivity (Wildman–Crippen MR) is 104 cm³/mol. The average molecular weight is 350 g/mol. The lowest BCUT2D eigenvalue weighted by Crippen LogP contribution is -2.26. The van der Waals surface area contributed by atoms with Crippen LogP contribution in [-0.2, 0) is 6.54 Å². The third kappa shape index (κ3) is 3.21. The van der Waals surface area contributed by atoms with Gasteiger partial charge in [-0.15, -0.1) is 0 Å². The van der Waals surface area contributed by atoms with Crippen molar-refractivity contribution >= 4 is 11.0 Å². The van der Waals surface area contributed by atoms with E-state index in [1.807, 2.05) is 50.2 Å². The van der Waals surface area contributed by atoms with Crippen LogP contribution in [0.1, 0.15) is 42.1 Å². The minimum Gasteiger partial charge on any atom is -0.490 e. The molecule has 136 valence electrons. The summed E-state index contributed by atoms with van der Waals surface area (Å²) in [5, 5.41) is 10.6. The highest BCUT2D eigenvalue weighted by Crippen LogP contribution is 2.37. The van der Waals surface area contributed by atoms with Crippen LogP contribution in [0, 0.1) is 13.8 Å². The summed E-state index contributed by atoms with van der Waals surface area (Å²) >= 11 is 0. The quantitative estimate of drug-likeness (QED) is 0.718. The lowest BCUT2D eigenvalue weighted by Gasteiger charge is -2.26. The van der Waals surface area contributed by atoms with Crippen molar-refractivity contribution in [1.82, 2.24) is 9.55 Å². The van der Waals surface area contributed by atoms with Crippen LogP contribution < -0.4 is 4.74 Å². The molecule has 4 nitrogen and oxygen atoms in total. The first-order chi connectivity index (χ1) is 12.6. The summed E-state index contributed by atoms with van der Waals surface area (Å²) in [5.41, 5.74) is 4.30. The van der Waals surface area contributed by atoms with Crippen molar-refractivity contribution in [2.75, 3.05) is 6.61 Å². The van der Waals surface area contributed by atoms with E-state index >= 15 is 0 Å². The number of aromatic nitrogens is 2.